The average molecular weight is 378 g/mol. The van der Waals surface area contributed by atoms with E-state index in [4.69, 9.17) is 9.68 Å². The summed E-state index contributed by atoms with van der Waals surface area (Å²) >= 11 is 0. The first-order valence-electron chi connectivity index (χ1n) is 11.4. The van der Waals surface area contributed by atoms with Crippen LogP contribution in [0.1, 0.15) is 124 Å². The zero-order valence-electron chi connectivity index (χ0n) is 18.1. The smallest absolute Gasteiger partial charge is 0.0683 e. The predicted molar refractivity (Wildman–Crippen MR) is 112 cm³/mol. The normalized spacial score (nSPS) is 11.1. The summed E-state index contributed by atoms with van der Waals surface area (Å²) in [5, 5.41) is 1.66. The molecule has 0 saturated carbocycles. The monoisotopic (exact) mass is 377 g/mol. The Morgan fingerprint density at radius 3 is 1.08 bits per heavy atom. The molecule has 0 aromatic rings. The molecule has 0 fully saturated rings. The molecule has 0 aliphatic rings. The van der Waals surface area contributed by atoms with E-state index in [1.165, 1.54) is 96.3 Å². The summed E-state index contributed by atoms with van der Waals surface area (Å²) in [6.45, 7) is 8.54. The summed E-state index contributed by atoms with van der Waals surface area (Å²) < 4.78 is 0. The van der Waals surface area contributed by atoms with Gasteiger partial charge in [-0.15, -0.1) is 0 Å². The molecule has 0 atom stereocenters. The Kier molecular flexibility index (Phi) is 26.7. The fourth-order valence-corrected chi connectivity index (χ4v) is 3.24. The topological polar surface area (TPSA) is 21.7 Å². The number of hydrogen-bond donors (Lipinski definition) is 0. The van der Waals surface area contributed by atoms with Crippen LogP contribution in [-0.2, 0) is 9.68 Å². The molecular formula is C22H48FNO2. The van der Waals surface area contributed by atoms with Crippen LogP contribution in [0.5, 0.6) is 0 Å². The van der Waals surface area contributed by atoms with E-state index in [1.807, 2.05) is 13.8 Å². The Labute approximate surface area is 163 Å². The van der Waals surface area contributed by atoms with E-state index in [1.54, 1.807) is 5.23 Å². The molecule has 0 aliphatic carbocycles. The Balaban J connectivity index is 0. The van der Waals surface area contributed by atoms with Crippen LogP contribution in [0.2, 0.25) is 0 Å². The lowest BCUT2D eigenvalue weighted by Gasteiger charge is -2.19. The highest BCUT2D eigenvalue weighted by Crippen LogP contribution is 2.13. The minimum atomic E-state index is 0. The molecule has 0 aliphatic heterocycles. The molecule has 0 amide bonds. The second-order valence-corrected chi connectivity index (χ2v) is 7.20. The lowest BCUT2D eigenvalue weighted by Crippen LogP contribution is -2.25. The maximum absolute atomic E-state index is 5.42. The molecule has 0 saturated heterocycles. The quantitative estimate of drug-likeness (QED) is 0.152. The van der Waals surface area contributed by atoms with Gasteiger partial charge in [0.1, 0.15) is 0 Å². The van der Waals surface area contributed by atoms with Gasteiger partial charge in [0.2, 0.25) is 0 Å². The van der Waals surface area contributed by atoms with Gasteiger partial charge in [-0.2, -0.15) is 0 Å². The Morgan fingerprint density at radius 1 is 0.462 bits per heavy atom. The van der Waals surface area contributed by atoms with Crippen molar-refractivity contribution in [1.82, 2.24) is 5.23 Å². The first-order chi connectivity index (χ1) is 12.3. The van der Waals surface area contributed by atoms with Crippen molar-refractivity contribution in [2.45, 2.75) is 124 Å². The van der Waals surface area contributed by atoms with Gasteiger partial charge in [-0.1, -0.05) is 108 Å². The van der Waals surface area contributed by atoms with Crippen LogP contribution in [0, 0.1) is 0 Å². The third-order valence-corrected chi connectivity index (χ3v) is 4.74. The Hall–Kier alpha value is -0.190. The van der Waals surface area contributed by atoms with Gasteiger partial charge >= 0.3 is 0 Å². The van der Waals surface area contributed by atoms with E-state index in [0.29, 0.717) is 13.2 Å². The van der Waals surface area contributed by atoms with Crippen LogP contribution in [0.15, 0.2) is 0 Å². The fraction of sp³-hybridized carbons (Fsp3) is 1.00. The van der Waals surface area contributed by atoms with Gasteiger partial charge in [0.25, 0.3) is 0 Å². The molecular weight excluding hydrogens is 329 g/mol. The van der Waals surface area contributed by atoms with E-state index >= 15 is 0 Å². The summed E-state index contributed by atoms with van der Waals surface area (Å²) in [6, 6.07) is 0. The third kappa shape index (κ3) is 21.9. The number of nitrogens with zero attached hydrogens (tertiary/aromatic N) is 1. The van der Waals surface area contributed by atoms with Gasteiger partial charge < -0.3 is 0 Å². The standard InChI is InChI=1S/C22H47NO2.FH/c1-4-7-8-9-10-11-12-13-14-15-16-17-18-19-20-21-22-23(24-5-2)25-6-3;/h4-22H2,1-3H3;1H. The van der Waals surface area contributed by atoms with Gasteiger partial charge in [-0.05, 0) is 20.3 Å². The predicted octanol–water partition coefficient (Wildman–Crippen LogP) is 7.61. The number of hydrogen-bond acceptors (Lipinski definition) is 3. The average Bonchev–Trinajstić information content (AvgIpc) is 2.61. The molecule has 3 nitrogen and oxygen atoms in total. The third-order valence-electron chi connectivity index (χ3n) is 4.74. The summed E-state index contributed by atoms with van der Waals surface area (Å²) in [6.07, 6.45) is 22.5. The highest BCUT2D eigenvalue weighted by Gasteiger charge is 2.03. The number of unbranched alkanes of at least 4 members (excludes halogenated alkanes) is 15. The van der Waals surface area contributed by atoms with E-state index in [9.17, 15) is 0 Å². The first-order valence-corrected chi connectivity index (χ1v) is 11.4. The summed E-state index contributed by atoms with van der Waals surface area (Å²) in [5.74, 6) is 0. The molecule has 0 N–H and O–H groups in total. The SMILES string of the molecule is CCCCCCCCCCCCCCCCCCN(OCC)OCC.F. The largest absolute Gasteiger partial charge is 0.274 e. The van der Waals surface area contributed by atoms with Crippen LogP contribution in [0.25, 0.3) is 0 Å². The molecule has 0 heterocycles. The van der Waals surface area contributed by atoms with Crippen molar-refractivity contribution < 1.29 is 14.4 Å². The van der Waals surface area contributed by atoms with Gasteiger partial charge in [-0.25, -0.2) is 0 Å². The van der Waals surface area contributed by atoms with Crippen molar-refractivity contribution in [1.29, 1.82) is 0 Å². The minimum Gasteiger partial charge on any atom is -0.274 e. The van der Waals surface area contributed by atoms with Gasteiger partial charge in [-0.3, -0.25) is 14.4 Å². The van der Waals surface area contributed by atoms with Crippen molar-refractivity contribution >= 4 is 0 Å². The lowest BCUT2D eigenvalue weighted by atomic mass is 10.0. The zero-order valence-corrected chi connectivity index (χ0v) is 18.1. The van der Waals surface area contributed by atoms with Gasteiger partial charge in [0, 0.05) is 0 Å². The summed E-state index contributed by atoms with van der Waals surface area (Å²) in [4.78, 5) is 10.8. The van der Waals surface area contributed by atoms with E-state index < -0.39 is 0 Å². The maximum atomic E-state index is 5.42. The van der Waals surface area contributed by atoms with E-state index in [2.05, 4.69) is 6.92 Å². The van der Waals surface area contributed by atoms with Crippen molar-refractivity contribution in [3.05, 3.63) is 0 Å². The fourth-order valence-electron chi connectivity index (χ4n) is 3.24. The Morgan fingerprint density at radius 2 is 0.769 bits per heavy atom. The lowest BCUT2D eigenvalue weighted by molar-refractivity contribution is -0.364. The molecule has 160 valence electrons. The molecule has 0 aromatic heterocycles. The highest BCUT2D eigenvalue weighted by molar-refractivity contribution is 4.50. The van der Waals surface area contributed by atoms with Crippen LogP contribution in [0.4, 0.5) is 4.70 Å². The van der Waals surface area contributed by atoms with E-state index in [0.717, 1.165) is 13.0 Å². The number of halogens is 1. The minimum absolute atomic E-state index is 0. The number of rotatable bonds is 21. The molecule has 4 heteroatoms. The van der Waals surface area contributed by atoms with Crippen LogP contribution in [0.3, 0.4) is 0 Å². The molecule has 0 rings (SSSR count). The molecule has 0 unspecified atom stereocenters. The van der Waals surface area contributed by atoms with Crippen molar-refractivity contribution in [2.24, 2.45) is 0 Å². The van der Waals surface area contributed by atoms with Gasteiger partial charge in [0.05, 0.1) is 19.8 Å². The second-order valence-electron chi connectivity index (χ2n) is 7.20. The van der Waals surface area contributed by atoms with Crippen molar-refractivity contribution in [3.63, 3.8) is 0 Å². The Bertz CT molecular complexity index is 236. The van der Waals surface area contributed by atoms with Gasteiger partial charge in [0.15, 0.2) is 0 Å². The molecule has 26 heavy (non-hydrogen) atoms. The highest BCUT2D eigenvalue weighted by atomic mass is 19.0. The van der Waals surface area contributed by atoms with Crippen LogP contribution >= 0.6 is 0 Å². The van der Waals surface area contributed by atoms with Crippen molar-refractivity contribution in [2.75, 3.05) is 19.8 Å². The first kappa shape index (κ1) is 28.0. The molecule has 0 radical (unpaired) electrons. The van der Waals surface area contributed by atoms with Crippen molar-refractivity contribution in [3.8, 4) is 0 Å². The molecule has 0 spiro atoms. The van der Waals surface area contributed by atoms with Crippen LogP contribution in [-0.4, -0.2) is 25.0 Å². The van der Waals surface area contributed by atoms with Crippen LogP contribution < -0.4 is 0 Å². The zero-order chi connectivity index (χ0) is 18.4. The maximum Gasteiger partial charge on any atom is 0.0683 e. The summed E-state index contributed by atoms with van der Waals surface area (Å²) in [5.41, 5.74) is 0. The second kappa shape index (κ2) is 24.8. The molecule has 0 bridgehead atoms. The number of hydroxylamine groups is 2. The van der Waals surface area contributed by atoms with E-state index in [-0.39, 0.29) is 4.70 Å². The molecule has 0 aromatic carbocycles. The summed E-state index contributed by atoms with van der Waals surface area (Å²) in [7, 11) is 0.